The topological polar surface area (TPSA) is 45.7 Å². The van der Waals surface area contributed by atoms with Crippen molar-refractivity contribution < 1.29 is 9.53 Å². The fourth-order valence-corrected chi connectivity index (χ4v) is 6.28. The highest BCUT2D eigenvalue weighted by Gasteiger charge is 2.49. The lowest BCUT2D eigenvalue weighted by atomic mass is 9.70. The second-order valence-electron chi connectivity index (χ2n) is 9.65. The second kappa shape index (κ2) is 8.18. The van der Waals surface area contributed by atoms with Gasteiger partial charge in [-0.1, -0.05) is 12.1 Å². The van der Waals surface area contributed by atoms with Gasteiger partial charge >= 0.3 is 0 Å². The molecule has 0 spiro atoms. The summed E-state index contributed by atoms with van der Waals surface area (Å²) in [6.07, 6.45) is 5.00. The van der Waals surface area contributed by atoms with Crippen LogP contribution in [0.3, 0.4) is 0 Å². The maximum Gasteiger partial charge on any atom is 0.223 e. The number of hydrogen-bond acceptors (Lipinski definition) is 4. The summed E-state index contributed by atoms with van der Waals surface area (Å²) < 4.78 is 5.46. The molecule has 3 aliphatic rings. The van der Waals surface area contributed by atoms with Crippen LogP contribution in [0.15, 0.2) is 36.4 Å². The van der Waals surface area contributed by atoms with E-state index in [-0.39, 0.29) is 6.04 Å². The molecular formula is C26H33N3O2. The highest BCUT2D eigenvalue weighted by atomic mass is 16.5. The third-order valence-corrected chi connectivity index (χ3v) is 7.51. The number of methoxy groups -OCH3 is 1. The maximum absolute atomic E-state index is 13.1. The second-order valence-corrected chi connectivity index (χ2v) is 9.65. The number of pyridine rings is 1. The van der Waals surface area contributed by atoms with Gasteiger partial charge in [-0.25, -0.2) is 0 Å². The highest BCUT2D eigenvalue weighted by Crippen LogP contribution is 2.43. The molecule has 1 amide bonds. The maximum atomic E-state index is 13.1. The van der Waals surface area contributed by atoms with Crippen LogP contribution in [0, 0.1) is 25.7 Å². The fraction of sp³-hybridized carbons (Fsp3) is 0.538. The first kappa shape index (κ1) is 20.3. The summed E-state index contributed by atoms with van der Waals surface area (Å²) in [7, 11) is 1.71. The lowest BCUT2D eigenvalue weighted by molar-refractivity contribution is -0.148. The fourth-order valence-electron chi connectivity index (χ4n) is 6.28. The van der Waals surface area contributed by atoms with Crippen molar-refractivity contribution >= 4 is 11.6 Å². The van der Waals surface area contributed by atoms with Crippen LogP contribution < -0.4 is 9.64 Å². The number of aryl methyl sites for hydroxylation is 2. The average molecular weight is 420 g/mol. The third kappa shape index (κ3) is 3.90. The summed E-state index contributed by atoms with van der Waals surface area (Å²) in [5, 5.41) is 0. The summed E-state index contributed by atoms with van der Waals surface area (Å²) in [4.78, 5) is 22.5. The van der Waals surface area contributed by atoms with Gasteiger partial charge in [0.2, 0.25) is 5.91 Å². The van der Waals surface area contributed by atoms with Crippen LogP contribution >= 0.6 is 0 Å². The van der Waals surface area contributed by atoms with Crippen LogP contribution in [0.5, 0.6) is 5.75 Å². The molecule has 4 atom stereocenters. The summed E-state index contributed by atoms with van der Waals surface area (Å²) in [6, 6.07) is 13.4. The predicted octanol–water partition coefficient (Wildman–Crippen LogP) is 4.16. The zero-order chi connectivity index (χ0) is 21.5. The van der Waals surface area contributed by atoms with E-state index in [4.69, 9.17) is 4.74 Å². The molecule has 2 aromatic rings. The molecule has 3 aliphatic heterocycles. The van der Waals surface area contributed by atoms with Crippen LogP contribution in [0.4, 0.5) is 5.69 Å². The first-order valence-electron chi connectivity index (χ1n) is 11.7. The Bertz CT molecular complexity index is 955. The lowest BCUT2D eigenvalue weighted by Crippen LogP contribution is -2.65. The molecule has 0 radical (unpaired) electrons. The first-order chi connectivity index (χ1) is 15.0. The minimum Gasteiger partial charge on any atom is -0.497 e. The highest BCUT2D eigenvalue weighted by molar-refractivity contribution is 5.78. The van der Waals surface area contributed by atoms with Crippen molar-refractivity contribution in [1.29, 1.82) is 0 Å². The van der Waals surface area contributed by atoms with Crippen molar-refractivity contribution in [2.45, 2.75) is 58.0 Å². The van der Waals surface area contributed by atoms with Crippen molar-refractivity contribution in [3.05, 3.63) is 53.3 Å². The van der Waals surface area contributed by atoms with Gasteiger partial charge in [0.25, 0.3) is 0 Å². The molecule has 0 unspecified atom stereocenters. The van der Waals surface area contributed by atoms with Crippen molar-refractivity contribution in [3.8, 4) is 5.75 Å². The quantitative estimate of drug-likeness (QED) is 0.747. The number of rotatable bonds is 4. The monoisotopic (exact) mass is 419 g/mol. The summed E-state index contributed by atoms with van der Waals surface area (Å²) in [5.41, 5.74) is 4.70. The van der Waals surface area contributed by atoms with Gasteiger partial charge in [0.05, 0.1) is 7.11 Å². The molecule has 0 N–H and O–H groups in total. The average Bonchev–Trinajstić information content (AvgIpc) is 2.76. The third-order valence-electron chi connectivity index (χ3n) is 7.51. The SMILES string of the molecule is COc1cccc(C[C@H]2[C@H]3C[C@H](CN(c4cc(C)nc(C)c4)C3)[C@@H]3CCCC(=O)N32)c1. The summed E-state index contributed by atoms with van der Waals surface area (Å²) >= 11 is 0. The Morgan fingerprint density at radius 3 is 2.65 bits per heavy atom. The molecule has 1 aromatic carbocycles. The molecule has 164 valence electrons. The number of benzene rings is 1. The van der Waals surface area contributed by atoms with Crippen LogP contribution in [0.1, 0.15) is 42.6 Å². The molecule has 3 fully saturated rings. The summed E-state index contributed by atoms with van der Waals surface area (Å²) in [5.74, 6) is 2.29. The Morgan fingerprint density at radius 1 is 1.10 bits per heavy atom. The van der Waals surface area contributed by atoms with Gasteiger partial charge in [-0.3, -0.25) is 9.78 Å². The number of hydrogen-bond donors (Lipinski definition) is 0. The van der Waals surface area contributed by atoms with E-state index in [0.717, 1.165) is 49.5 Å². The number of piperidine rings is 3. The lowest BCUT2D eigenvalue weighted by Gasteiger charge is -2.57. The van der Waals surface area contributed by atoms with Gasteiger partial charge in [0, 0.05) is 48.7 Å². The number of fused-ring (bicyclic) bond motifs is 4. The van der Waals surface area contributed by atoms with Crippen molar-refractivity contribution in [1.82, 2.24) is 9.88 Å². The van der Waals surface area contributed by atoms with E-state index in [0.29, 0.717) is 30.2 Å². The van der Waals surface area contributed by atoms with Gasteiger partial charge < -0.3 is 14.5 Å². The van der Waals surface area contributed by atoms with Gasteiger partial charge in [-0.15, -0.1) is 0 Å². The van der Waals surface area contributed by atoms with E-state index in [1.807, 2.05) is 6.07 Å². The number of nitrogens with zero attached hydrogens (tertiary/aromatic N) is 3. The number of anilines is 1. The molecule has 0 aliphatic carbocycles. The number of amides is 1. The summed E-state index contributed by atoms with van der Waals surface area (Å²) in [6.45, 7) is 6.20. The molecule has 0 saturated carbocycles. The Balaban J connectivity index is 1.47. The molecule has 3 saturated heterocycles. The molecule has 2 bridgehead atoms. The van der Waals surface area contributed by atoms with Gasteiger partial charge in [0.1, 0.15) is 5.75 Å². The molecule has 1 aromatic heterocycles. The molecule has 5 heteroatoms. The van der Waals surface area contributed by atoms with Crippen molar-refractivity contribution in [2.24, 2.45) is 11.8 Å². The number of aromatic nitrogens is 1. The Hall–Kier alpha value is -2.56. The van der Waals surface area contributed by atoms with Crippen LogP contribution in [0.25, 0.3) is 0 Å². The molecule has 4 heterocycles. The van der Waals surface area contributed by atoms with E-state index in [1.165, 1.54) is 17.7 Å². The minimum absolute atomic E-state index is 0.257. The normalized spacial score (nSPS) is 27.8. The number of ether oxygens (including phenoxy) is 1. The Kier molecular flexibility index (Phi) is 5.37. The molecule has 31 heavy (non-hydrogen) atoms. The first-order valence-corrected chi connectivity index (χ1v) is 11.7. The minimum atomic E-state index is 0.257. The van der Waals surface area contributed by atoms with Crippen LogP contribution in [0.2, 0.25) is 0 Å². The van der Waals surface area contributed by atoms with Crippen LogP contribution in [-0.4, -0.2) is 48.1 Å². The van der Waals surface area contributed by atoms with E-state index in [2.05, 4.69) is 59.0 Å². The molecule has 5 rings (SSSR count). The molecule has 5 nitrogen and oxygen atoms in total. The zero-order valence-corrected chi connectivity index (χ0v) is 18.9. The predicted molar refractivity (Wildman–Crippen MR) is 122 cm³/mol. The van der Waals surface area contributed by atoms with E-state index in [9.17, 15) is 4.79 Å². The molecular weight excluding hydrogens is 386 g/mol. The Labute approximate surface area is 185 Å². The van der Waals surface area contributed by atoms with Crippen LogP contribution in [-0.2, 0) is 11.2 Å². The van der Waals surface area contributed by atoms with E-state index in [1.54, 1.807) is 7.11 Å². The Morgan fingerprint density at radius 2 is 1.87 bits per heavy atom. The standard InChI is InChI=1S/C26H33N3O2/c1-17-10-22(11-18(2)27-17)28-15-20-14-21(16-28)25(29-24(20)8-5-9-26(29)30)13-19-6-4-7-23(12-19)31-3/h4,6-7,10-12,20-21,24-25H,5,8-9,13-16H2,1-3H3/t20-,21+,24+,25+/m1/s1. The van der Waals surface area contributed by atoms with E-state index >= 15 is 0 Å². The van der Waals surface area contributed by atoms with Gasteiger partial charge in [0.15, 0.2) is 0 Å². The van der Waals surface area contributed by atoms with Gasteiger partial charge in [-0.05, 0) is 81.2 Å². The van der Waals surface area contributed by atoms with Crippen molar-refractivity contribution in [3.63, 3.8) is 0 Å². The van der Waals surface area contributed by atoms with E-state index < -0.39 is 0 Å². The number of carbonyl (C=O) groups excluding carboxylic acids is 1. The van der Waals surface area contributed by atoms with Crippen molar-refractivity contribution in [2.75, 3.05) is 25.1 Å². The largest absolute Gasteiger partial charge is 0.497 e. The zero-order valence-electron chi connectivity index (χ0n) is 18.9. The van der Waals surface area contributed by atoms with Gasteiger partial charge in [-0.2, -0.15) is 0 Å². The smallest absolute Gasteiger partial charge is 0.223 e. The number of carbonyl (C=O) groups is 1.